The molecule has 0 aliphatic heterocycles. The highest BCUT2D eigenvalue weighted by atomic mass is 16.5. The smallest absolute Gasteiger partial charge is 0.231 e. The van der Waals surface area contributed by atoms with Crippen LogP contribution in [0, 0.1) is 16.7 Å². The summed E-state index contributed by atoms with van der Waals surface area (Å²) in [6, 6.07) is 8.86. The Bertz CT molecular complexity index is 481. The molecule has 1 amide bonds. The zero-order chi connectivity index (χ0) is 13.7. The number of anilines is 1. The van der Waals surface area contributed by atoms with Crippen LogP contribution in [0.15, 0.2) is 24.3 Å². The number of carbonyl (C=O) groups is 1. The summed E-state index contributed by atoms with van der Waals surface area (Å²) in [6.45, 7) is 0.407. The lowest BCUT2D eigenvalue weighted by atomic mass is 9.68. The third kappa shape index (κ3) is 2.85. The summed E-state index contributed by atoms with van der Waals surface area (Å²) in [5.74, 6) is 0.601. The van der Waals surface area contributed by atoms with Crippen LogP contribution in [0.4, 0.5) is 5.69 Å². The summed E-state index contributed by atoms with van der Waals surface area (Å²) in [4.78, 5) is 12.1. The number of rotatable bonds is 5. The van der Waals surface area contributed by atoms with Gasteiger partial charge in [-0.25, -0.2) is 0 Å². The molecule has 2 rings (SSSR count). The van der Waals surface area contributed by atoms with Crippen molar-refractivity contribution in [3.8, 4) is 11.8 Å². The summed E-state index contributed by atoms with van der Waals surface area (Å²) < 4.78 is 5.14. The van der Waals surface area contributed by atoms with Gasteiger partial charge in [0.1, 0.15) is 11.8 Å². The number of hydrogen-bond acceptors (Lipinski definition) is 4. The topological polar surface area (TPSA) is 88.1 Å². The summed E-state index contributed by atoms with van der Waals surface area (Å²) >= 11 is 0. The molecule has 0 spiro atoms. The lowest BCUT2D eigenvalue weighted by molar-refractivity contribution is -0.129. The van der Waals surface area contributed by atoms with Crippen molar-refractivity contribution in [2.45, 2.75) is 19.3 Å². The molecule has 0 bridgehead atoms. The predicted molar refractivity (Wildman–Crippen MR) is 71.5 cm³/mol. The van der Waals surface area contributed by atoms with Gasteiger partial charge in [-0.05, 0) is 37.1 Å². The van der Waals surface area contributed by atoms with E-state index in [4.69, 9.17) is 15.7 Å². The first-order valence-electron chi connectivity index (χ1n) is 6.31. The van der Waals surface area contributed by atoms with Crippen LogP contribution in [-0.4, -0.2) is 19.1 Å². The quantitative estimate of drug-likeness (QED) is 0.841. The molecular formula is C14H17N3O2. The van der Waals surface area contributed by atoms with Crippen molar-refractivity contribution in [2.75, 3.05) is 18.5 Å². The van der Waals surface area contributed by atoms with Gasteiger partial charge in [-0.2, -0.15) is 5.26 Å². The van der Waals surface area contributed by atoms with E-state index in [1.807, 2.05) is 6.07 Å². The molecule has 0 atom stereocenters. The van der Waals surface area contributed by atoms with E-state index in [1.165, 1.54) is 0 Å². The molecule has 0 aromatic heterocycles. The summed E-state index contributed by atoms with van der Waals surface area (Å²) in [5, 5.41) is 11.3. The molecule has 1 fully saturated rings. The van der Waals surface area contributed by atoms with Crippen molar-refractivity contribution in [1.82, 2.24) is 0 Å². The standard InChI is InChI=1S/C14H17N3O2/c15-8-9-19-12-4-2-11(3-5-12)17-13(18)14(10-16)6-1-7-14/h2-5H,1,6-7,9-10,16H2,(H,17,18). The molecule has 0 radical (unpaired) electrons. The molecule has 3 N–H and O–H groups in total. The largest absolute Gasteiger partial charge is 0.479 e. The van der Waals surface area contributed by atoms with Crippen LogP contribution in [0.3, 0.4) is 0 Å². The Kier molecular flexibility index (Phi) is 4.03. The fraction of sp³-hybridized carbons (Fsp3) is 0.429. The summed E-state index contributed by atoms with van der Waals surface area (Å²) in [6.07, 6.45) is 2.78. The third-order valence-electron chi connectivity index (χ3n) is 3.60. The fourth-order valence-corrected chi connectivity index (χ4v) is 2.14. The number of nitrogens with one attached hydrogen (secondary N) is 1. The van der Waals surface area contributed by atoms with Gasteiger partial charge in [0.2, 0.25) is 5.91 Å². The normalized spacial score (nSPS) is 16.0. The molecule has 1 aromatic rings. The number of ether oxygens (including phenoxy) is 1. The lowest BCUT2D eigenvalue weighted by Gasteiger charge is -2.39. The zero-order valence-corrected chi connectivity index (χ0v) is 10.7. The maximum Gasteiger partial charge on any atom is 0.231 e. The minimum Gasteiger partial charge on any atom is -0.479 e. The average molecular weight is 259 g/mol. The Morgan fingerprint density at radius 2 is 2.11 bits per heavy atom. The summed E-state index contributed by atoms with van der Waals surface area (Å²) in [7, 11) is 0. The number of nitrogens with zero attached hydrogens (tertiary/aromatic N) is 1. The predicted octanol–water partition coefficient (Wildman–Crippen LogP) is 1.66. The zero-order valence-electron chi connectivity index (χ0n) is 10.7. The Labute approximate surface area is 112 Å². The molecule has 0 unspecified atom stereocenters. The number of nitrogens with two attached hydrogens (primary N) is 1. The molecule has 100 valence electrons. The van der Waals surface area contributed by atoms with E-state index >= 15 is 0 Å². The van der Waals surface area contributed by atoms with Crippen molar-refractivity contribution >= 4 is 11.6 Å². The van der Waals surface area contributed by atoms with Gasteiger partial charge >= 0.3 is 0 Å². The molecule has 1 aliphatic rings. The van der Waals surface area contributed by atoms with Crippen LogP contribution in [0.25, 0.3) is 0 Å². The van der Waals surface area contributed by atoms with E-state index in [0.29, 0.717) is 18.0 Å². The van der Waals surface area contributed by atoms with Gasteiger partial charge in [0.05, 0.1) is 5.41 Å². The maximum atomic E-state index is 12.1. The molecule has 19 heavy (non-hydrogen) atoms. The Hall–Kier alpha value is -2.06. The van der Waals surface area contributed by atoms with Crippen LogP contribution >= 0.6 is 0 Å². The minimum absolute atomic E-state index is 0.00746. The number of carbonyl (C=O) groups excluding carboxylic acids is 1. The highest BCUT2D eigenvalue weighted by Gasteiger charge is 2.42. The molecule has 1 aromatic carbocycles. The average Bonchev–Trinajstić information content (AvgIpc) is 2.37. The van der Waals surface area contributed by atoms with Gasteiger partial charge < -0.3 is 15.8 Å². The first kappa shape index (κ1) is 13.4. The Balaban J connectivity index is 1.96. The number of hydrogen-bond donors (Lipinski definition) is 2. The van der Waals surface area contributed by atoms with Crippen LogP contribution in [0.1, 0.15) is 19.3 Å². The van der Waals surface area contributed by atoms with Crippen LogP contribution in [0.2, 0.25) is 0 Å². The third-order valence-corrected chi connectivity index (χ3v) is 3.60. The highest BCUT2D eigenvalue weighted by molar-refractivity contribution is 5.96. The van der Waals surface area contributed by atoms with E-state index in [-0.39, 0.29) is 17.9 Å². The Morgan fingerprint density at radius 3 is 2.58 bits per heavy atom. The van der Waals surface area contributed by atoms with Crippen LogP contribution in [0.5, 0.6) is 5.75 Å². The van der Waals surface area contributed by atoms with Crippen molar-refractivity contribution in [2.24, 2.45) is 11.1 Å². The van der Waals surface area contributed by atoms with Crippen molar-refractivity contribution in [1.29, 1.82) is 5.26 Å². The van der Waals surface area contributed by atoms with Gasteiger partial charge in [0, 0.05) is 12.2 Å². The van der Waals surface area contributed by atoms with Gasteiger partial charge in [0.25, 0.3) is 0 Å². The molecule has 1 aliphatic carbocycles. The first-order chi connectivity index (χ1) is 9.20. The van der Waals surface area contributed by atoms with E-state index in [0.717, 1.165) is 19.3 Å². The van der Waals surface area contributed by atoms with E-state index in [2.05, 4.69) is 5.32 Å². The maximum absolute atomic E-state index is 12.1. The van der Waals surface area contributed by atoms with E-state index in [1.54, 1.807) is 24.3 Å². The second kappa shape index (κ2) is 5.72. The number of nitriles is 1. The van der Waals surface area contributed by atoms with Crippen LogP contribution < -0.4 is 15.8 Å². The van der Waals surface area contributed by atoms with Crippen molar-refractivity contribution < 1.29 is 9.53 Å². The molecule has 5 heteroatoms. The monoisotopic (exact) mass is 259 g/mol. The second-order valence-corrected chi connectivity index (χ2v) is 4.76. The first-order valence-corrected chi connectivity index (χ1v) is 6.31. The fourth-order valence-electron chi connectivity index (χ4n) is 2.14. The lowest BCUT2D eigenvalue weighted by Crippen LogP contribution is -2.47. The van der Waals surface area contributed by atoms with Gasteiger partial charge in [-0.3, -0.25) is 4.79 Å². The highest BCUT2D eigenvalue weighted by Crippen LogP contribution is 2.40. The van der Waals surface area contributed by atoms with E-state index < -0.39 is 0 Å². The van der Waals surface area contributed by atoms with Crippen molar-refractivity contribution in [3.05, 3.63) is 24.3 Å². The van der Waals surface area contributed by atoms with Gasteiger partial charge in [0.15, 0.2) is 6.61 Å². The van der Waals surface area contributed by atoms with E-state index in [9.17, 15) is 4.79 Å². The second-order valence-electron chi connectivity index (χ2n) is 4.76. The molecule has 5 nitrogen and oxygen atoms in total. The number of amides is 1. The molecule has 0 heterocycles. The van der Waals surface area contributed by atoms with Gasteiger partial charge in [-0.1, -0.05) is 6.42 Å². The molecule has 1 saturated carbocycles. The Morgan fingerprint density at radius 1 is 1.42 bits per heavy atom. The SMILES string of the molecule is N#CCOc1ccc(NC(=O)C2(CN)CCC2)cc1. The molecular weight excluding hydrogens is 242 g/mol. The van der Waals surface area contributed by atoms with Gasteiger partial charge in [-0.15, -0.1) is 0 Å². The van der Waals surface area contributed by atoms with Crippen LogP contribution in [-0.2, 0) is 4.79 Å². The summed E-state index contributed by atoms with van der Waals surface area (Å²) in [5.41, 5.74) is 6.03. The minimum atomic E-state index is -0.379. The molecule has 0 saturated heterocycles. The number of benzene rings is 1. The van der Waals surface area contributed by atoms with Crippen molar-refractivity contribution in [3.63, 3.8) is 0 Å².